The van der Waals surface area contributed by atoms with Crippen LogP contribution in [0.2, 0.25) is 0 Å². The second kappa shape index (κ2) is 13.0. The molecule has 2 aromatic carbocycles. The van der Waals surface area contributed by atoms with Crippen molar-refractivity contribution in [3.8, 4) is 0 Å². The van der Waals surface area contributed by atoms with Crippen LogP contribution in [-0.4, -0.2) is 34.1 Å². The van der Waals surface area contributed by atoms with E-state index in [0.717, 1.165) is 0 Å². The molecule has 33 heavy (non-hydrogen) atoms. The molecule has 0 radical (unpaired) electrons. The first kappa shape index (κ1) is 24.8. The minimum absolute atomic E-state index is 0.0267. The minimum Gasteiger partial charge on any atom is -0.273 e. The van der Waals surface area contributed by atoms with Crippen LogP contribution in [-0.2, 0) is 9.59 Å². The largest absolute Gasteiger partial charge is 0.273 e. The van der Waals surface area contributed by atoms with Gasteiger partial charge in [0.1, 0.15) is 0 Å². The van der Waals surface area contributed by atoms with Crippen LogP contribution >= 0.6 is 0 Å². The number of unbranched alkanes of at least 4 members (excludes halogenated alkanes) is 2. The van der Waals surface area contributed by atoms with Gasteiger partial charge in [0, 0.05) is 37.1 Å². The molecule has 2 N–H and O–H groups in total. The third-order valence-corrected chi connectivity index (χ3v) is 4.32. The van der Waals surface area contributed by atoms with Gasteiger partial charge in [0.25, 0.3) is 11.4 Å². The number of non-ortho nitro benzene ring substituents is 2. The molecule has 0 saturated carbocycles. The summed E-state index contributed by atoms with van der Waals surface area (Å²) in [7, 11) is 0. The van der Waals surface area contributed by atoms with Crippen molar-refractivity contribution in [2.75, 3.05) is 0 Å². The molecule has 0 fully saturated rings. The molecule has 2 rings (SSSR count). The summed E-state index contributed by atoms with van der Waals surface area (Å²) < 4.78 is 0. The SMILES string of the molecule is O=C(CCCCCC(=O)NN=Cc1ccc([N+](=O)[O-])cc1)NN=Cc1ccc([N+](=O)[O-])cc1. The first-order valence-corrected chi connectivity index (χ1v) is 9.98. The number of carbonyl (C=O) groups is 2. The summed E-state index contributed by atoms with van der Waals surface area (Å²) in [5.41, 5.74) is 5.94. The van der Waals surface area contributed by atoms with Gasteiger partial charge in [-0.15, -0.1) is 0 Å². The van der Waals surface area contributed by atoms with Crippen molar-refractivity contribution >= 4 is 35.6 Å². The Bertz CT molecular complexity index is 951. The number of rotatable bonds is 12. The van der Waals surface area contributed by atoms with Gasteiger partial charge < -0.3 is 0 Å². The number of nitro groups is 2. The second-order valence-corrected chi connectivity index (χ2v) is 6.84. The molecule has 0 aliphatic carbocycles. The smallest absolute Gasteiger partial charge is 0.269 e. The highest BCUT2D eigenvalue weighted by Crippen LogP contribution is 2.11. The highest BCUT2D eigenvalue weighted by atomic mass is 16.6. The number of hydrazone groups is 2. The molecule has 12 nitrogen and oxygen atoms in total. The van der Waals surface area contributed by atoms with Crippen molar-refractivity contribution in [1.82, 2.24) is 10.9 Å². The van der Waals surface area contributed by atoms with E-state index in [0.29, 0.717) is 30.4 Å². The summed E-state index contributed by atoms with van der Waals surface area (Å²) in [6, 6.07) is 11.5. The van der Waals surface area contributed by atoms with Crippen molar-refractivity contribution in [2.24, 2.45) is 10.2 Å². The Balaban J connectivity index is 1.56. The summed E-state index contributed by atoms with van der Waals surface area (Å²) >= 11 is 0. The molecule has 0 saturated heterocycles. The van der Waals surface area contributed by atoms with Gasteiger partial charge in [0.15, 0.2) is 0 Å². The first-order chi connectivity index (χ1) is 15.8. The Morgan fingerprint density at radius 1 is 0.697 bits per heavy atom. The van der Waals surface area contributed by atoms with E-state index in [2.05, 4.69) is 21.1 Å². The van der Waals surface area contributed by atoms with Crippen LogP contribution in [0.15, 0.2) is 58.7 Å². The van der Waals surface area contributed by atoms with E-state index in [1.807, 2.05) is 0 Å². The third-order valence-electron chi connectivity index (χ3n) is 4.32. The molecule has 172 valence electrons. The molecule has 0 aliphatic rings. The van der Waals surface area contributed by atoms with Crippen molar-refractivity contribution < 1.29 is 19.4 Å². The fourth-order valence-electron chi connectivity index (χ4n) is 2.58. The lowest BCUT2D eigenvalue weighted by molar-refractivity contribution is -0.385. The highest BCUT2D eigenvalue weighted by Gasteiger charge is 2.05. The average Bonchev–Trinajstić information content (AvgIpc) is 2.79. The zero-order valence-electron chi connectivity index (χ0n) is 17.5. The third kappa shape index (κ3) is 9.46. The molecule has 0 atom stereocenters. The first-order valence-electron chi connectivity index (χ1n) is 9.98. The van der Waals surface area contributed by atoms with Crippen LogP contribution < -0.4 is 10.9 Å². The highest BCUT2D eigenvalue weighted by molar-refractivity contribution is 5.83. The van der Waals surface area contributed by atoms with Crippen LogP contribution in [0.4, 0.5) is 11.4 Å². The van der Waals surface area contributed by atoms with E-state index in [4.69, 9.17) is 0 Å². The number of nitrogens with zero attached hydrogens (tertiary/aromatic N) is 4. The van der Waals surface area contributed by atoms with Gasteiger partial charge in [-0.1, -0.05) is 6.42 Å². The molecular weight excluding hydrogens is 432 g/mol. The van der Waals surface area contributed by atoms with Gasteiger partial charge >= 0.3 is 0 Å². The number of carbonyl (C=O) groups excluding carboxylic acids is 2. The molecule has 0 aliphatic heterocycles. The molecule has 0 spiro atoms. The van der Waals surface area contributed by atoms with E-state index in [9.17, 15) is 29.8 Å². The standard InChI is InChI=1S/C21H22N6O6/c28-20(24-22-14-16-6-10-18(11-7-16)26(30)31)4-2-1-3-5-21(29)25-23-15-17-8-12-19(13-9-17)27(32)33/h6-15H,1-5H2,(H,24,28)(H,25,29). The lowest BCUT2D eigenvalue weighted by Gasteiger charge is -2.01. The van der Waals surface area contributed by atoms with Gasteiger partial charge in [-0.2, -0.15) is 10.2 Å². The Morgan fingerprint density at radius 2 is 1.06 bits per heavy atom. The van der Waals surface area contributed by atoms with Gasteiger partial charge in [-0.05, 0) is 48.2 Å². The molecule has 0 heterocycles. The number of nitro benzene ring substituents is 2. The average molecular weight is 454 g/mol. The summed E-state index contributed by atoms with van der Waals surface area (Å²) in [5, 5.41) is 28.8. The van der Waals surface area contributed by atoms with E-state index in [1.54, 1.807) is 0 Å². The Labute approximate surface area is 188 Å². The Morgan fingerprint density at radius 3 is 1.39 bits per heavy atom. The van der Waals surface area contributed by atoms with Crippen molar-refractivity contribution in [1.29, 1.82) is 0 Å². The molecular formula is C21H22N6O6. The van der Waals surface area contributed by atoms with Crippen molar-refractivity contribution in [3.63, 3.8) is 0 Å². The second-order valence-electron chi connectivity index (χ2n) is 6.84. The summed E-state index contributed by atoms with van der Waals surface area (Å²) in [4.78, 5) is 43.7. The zero-order chi connectivity index (χ0) is 24.1. The Hall–Kier alpha value is -4.48. The summed E-state index contributed by atoms with van der Waals surface area (Å²) in [6.07, 6.45) is 5.11. The van der Waals surface area contributed by atoms with E-state index in [-0.39, 0.29) is 36.0 Å². The van der Waals surface area contributed by atoms with Gasteiger partial charge in [0.05, 0.1) is 22.3 Å². The quantitative estimate of drug-likeness (QED) is 0.216. The van der Waals surface area contributed by atoms with Gasteiger partial charge in [-0.3, -0.25) is 29.8 Å². The number of nitrogens with one attached hydrogen (secondary N) is 2. The maximum Gasteiger partial charge on any atom is 0.269 e. The van der Waals surface area contributed by atoms with Crippen LogP contribution in [0.1, 0.15) is 43.2 Å². The van der Waals surface area contributed by atoms with Gasteiger partial charge in [-0.25, -0.2) is 10.9 Å². The maximum atomic E-state index is 11.8. The van der Waals surface area contributed by atoms with Crippen molar-refractivity contribution in [3.05, 3.63) is 79.9 Å². The molecule has 2 aromatic rings. The predicted octanol–water partition coefficient (Wildman–Crippen LogP) is 3.05. The fourth-order valence-corrected chi connectivity index (χ4v) is 2.58. The van der Waals surface area contributed by atoms with E-state index < -0.39 is 9.85 Å². The monoisotopic (exact) mass is 454 g/mol. The van der Waals surface area contributed by atoms with Crippen molar-refractivity contribution in [2.45, 2.75) is 32.1 Å². The normalized spacial score (nSPS) is 10.9. The lowest BCUT2D eigenvalue weighted by Crippen LogP contribution is -2.18. The summed E-state index contributed by atoms with van der Waals surface area (Å²) in [6.45, 7) is 0. The molecule has 0 aromatic heterocycles. The van der Waals surface area contributed by atoms with Crippen LogP contribution in [0.5, 0.6) is 0 Å². The van der Waals surface area contributed by atoms with E-state index >= 15 is 0 Å². The number of benzene rings is 2. The molecule has 0 unspecified atom stereocenters. The molecule has 2 amide bonds. The number of hydrogen-bond donors (Lipinski definition) is 2. The maximum absolute atomic E-state index is 11.8. The minimum atomic E-state index is -0.499. The number of amides is 2. The van der Waals surface area contributed by atoms with Gasteiger partial charge in [0.2, 0.25) is 11.8 Å². The zero-order valence-corrected chi connectivity index (χ0v) is 17.5. The predicted molar refractivity (Wildman–Crippen MR) is 121 cm³/mol. The molecule has 12 heteroatoms. The fraction of sp³-hybridized carbons (Fsp3) is 0.238. The van der Waals surface area contributed by atoms with Crippen LogP contribution in [0.25, 0.3) is 0 Å². The van der Waals surface area contributed by atoms with Crippen LogP contribution in [0.3, 0.4) is 0 Å². The van der Waals surface area contributed by atoms with E-state index in [1.165, 1.54) is 61.0 Å². The Kier molecular flexibility index (Phi) is 9.80. The topological polar surface area (TPSA) is 169 Å². The number of hydrogen-bond acceptors (Lipinski definition) is 8. The summed E-state index contributed by atoms with van der Waals surface area (Å²) in [5.74, 6) is -0.546. The molecule has 0 bridgehead atoms. The lowest BCUT2D eigenvalue weighted by atomic mass is 10.1. The van der Waals surface area contributed by atoms with Crippen LogP contribution in [0, 0.1) is 20.2 Å².